The van der Waals surface area contributed by atoms with Crippen LogP contribution < -0.4 is 40.2 Å². The fourth-order valence-corrected chi connectivity index (χ4v) is 20.2. The lowest BCUT2D eigenvalue weighted by Gasteiger charge is -2.14. The molecule has 632 valence electrons. The number of nitrogens with zero attached hydrogens (tertiary/aromatic N) is 4. The Bertz CT molecular complexity index is 7530. The summed E-state index contributed by atoms with van der Waals surface area (Å²) in [5, 5.41) is 29.2. The van der Waals surface area contributed by atoms with Crippen LogP contribution in [0.5, 0.6) is 0 Å². The van der Waals surface area contributed by atoms with E-state index >= 15 is 0 Å². The predicted molar refractivity (Wildman–Crippen MR) is 460 cm³/mol. The topological polar surface area (TPSA) is 473 Å². The summed E-state index contributed by atoms with van der Waals surface area (Å²) in [6.07, 6.45) is 0. The Hall–Kier alpha value is -11.9. The third-order valence-corrected chi connectivity index (χ3v) is 26.4. The number of amides is 4. The average Bonchev–Trinajstić information content (AvgIpc) is 1.67. The van der Waals surface area contributed by atoms with Crippen LogP contribution >= 0.6 is 45.3 Å². The van der Waals surface area contributed by atoms with E-state index in [-0.39, 0.29) is 116 Å². The molecule has 0 bridgehead atoms. The number of ketones is 4. The smallest absolute Gasteiger partial charge is 0.267 e. The molecule has 0 aliphatic carbocycles. The molecule has 12 aromatic rings. The maximum absolute atomic E-state index is 13.3. The molecule has 0 atom stereocenters. The minimum absolute atomic E-state index is 0.00112. The minimum Gasteiger partial charge on any atom is -0.337 e. The average molecular weight is 1810 g/mol. The molecule has 120 heavy (non-hydrogen) atoms. The third kappa shape index (κ3) is 21.0. The first-order valence-electron chi connectivity index (χ1n) is 44.7. The molecule has 0 aliphatic rings. The van der Waals surface area contributed by atoms with Crippen LogP contribution in [-0.4, -0.2) is 101 Å². The lowest BCUT2D eigenvalue weighted by Crippen LogP contribution is -2.20. The number of aromatic nitrogens is 4. The van der Waals surface area contributed by atoms with Gasteiger partial charge in [0.2, 0.25) is 23.5 Å². The van der Waals surface area contributed by atoms with E-state index in [0.717, 1.165) is 64.5 Å². The van der Waals surface area contributed by atoms with Gasteiger partial charge >= 0.3 is 0 Å². The van der Waals surface area contributed by atoms with Crippen LogP contribution in [0.15, 0.2) is 132 Å². The highest BCUT2D eigenvalue weighted by atomic mass is 32.2. The van der Waals surface area contributed by atoms with Crippen LogP contribution in [0, 0.1) is 110 Å². The van der Waals surface area contributed by atoms with E-state index in [1.165, 1.54) is 69.0 Å². The van der Waals surface area contributed by atoms with E-state index in [0.29, 0.717) is 56.0 Å². The van der Waals surface area contributed by atoms with Crippen LogP contribution in [0.1, 0.15) is 226 Å². The van der Waals surface area contributed by atoms with E-state index in [4.69, 9.17) is 46.9 Å². The number of thiophene rings is 4. The van der Waals surface area contributed by atoms with Gasteiger partial charge in [-0.25, -0.2) is 52.6 Å². The monoisotopic (exact) mass is 1810 g/mol. The summed E-state index contributed by atoms with van der Waals surface area (Å²) >= 11 is 3.21. The van der Waals surface area contributed by atoms with E-state index in [2.05, 4.69) is 56.1 Å². The second-order valence-electron chi connectivity index (χ2n) is 25.9. The second-order valence-corrected chi connectivity index (χ2v) is 36.2. The minimum atomic E-state index is -4.86. The highest BCUT2D eigenvalue weighted by Crippen LogP contribution is 2.36. The van der Waals surface area contributed by atoms with Gasteiger partial charge in [-0.05, 0) is 253 Å². The summed E-state index contributed by atoms with van der Waals surface area (Å²) in [5.74, 6) is -7.52. The number of hydrogen-bond donors (Lipinski definition) is 8. The molecule has 8 aromatic heterocycles. The van der Waals surface area contributed by atoms with Crippen molar-refractivity contribution in [2.24, 2.45) is 0 Å². The summed E-state index contributed by atoms with van der Waals surface area (Å²) in [6.45, 7) is 3.65. The summed E-state index contributed by atoms with van der Waals surface area (Å²) in [4.78, 5) is 98.5. The van der Waals surface area contributed by atoms with Crippen molar-refractivity contribution in [3.8, 4) is 0 Å². The number of nitrogens with one attached hydrogen (secondary N) is 8. The van der Waals surface area contributed by atoms with Gasteiger partial charge in [0.25, 0.3) is 63.7 Å². The van der Waals surface area contributed by atoms with Crippen LogP contribution in [0.25, 0.3) is 0 Å². The number of benzene rings is 4. The highest BCUT2D eigenvalue weighted by molar-refractivity contribution is 7.94. The van der Waals surface area contributed by atoms with Crippen molar-refractivity contribution < 1.29 is 119 Å². The van der Waals surface area contributed by atoms with Gasteiger partial charge in [0.15, 0.2) is 23.1 Å². The highest BCUT2D eigenvalue weighted by Gasteiger charge is 2.33. The van der Waals surface area contributed by atoms with E-state index < -0.39 is 182 Å². The summed E-state index contributed by atoms with van der Waals surface area (Å²) in [6, 6.07) is 11.3. The Kier molecular flexibility index (Phi) is 20.4. The Morgan fingerprint density at radius 3 is 0.850 bits per heavy atom. The van der Waals surface area contributed by atoms with Crippen LogP contribution in [-0.2, 0) is 40.1 Å². The molecule has 0 radical (unpaired) electrons. The first-order valence-corrected chi connectivity index (χ1v) is 43.6. The zero-order valence-corrected chi connectivity index (χ0v) is 71.8. The van der Waals surface area contributed by atoms with Crippen LogP contribution in [0.2, 0.25) is 0 Å². The fraction of sp³-hybridized carbons (Fsp3) is 0.250. The lowest BCUT2D eigenvalue weighted by molar-refractivity contribution is 0.100. The molecule has 0 saturated carbocycles. The summed E-state index contributed by atoms with van der Waals surface area (Å²) < 4.78 is 293. The molecule has 4 aromatic carbocycles. The van der Waals surface area contributed by atoms with Crippen molar-refractivity contribution in [3.63, 3.8) is 0 Å². The summed E-state index contributed by atoms with van der Waals surface area (Å²) in [7, 11) is -17.8. The zero-order valence-electron chi connectivity index (χ0n) is 86.2. The molecule has 0 spiro atoms. The number of rotatable bonds is 24. The van der Waals surface area contributed by atoms with Crippen molar-refractivity contribution in [1.29, 1.82) is 0 Å². The van der Waals surface area contributed by atoms with Crippen molar-refractivity contribution in [3.05, 3.63) is 226 Å². The normalized spacial score (nSPS) is 14.6. The Labute approximate surface area is 737 Å². The molecule has 8 N–H and O–H groups in total. The number of anilines is 8. The Morgan fingerprint density at radius 2 is 0.583 bits per heavy atom. The van der Waals surface area contributed by atoms with Gasteiger partial charge in [-0.1, -0.05) is 44.9 Å². The molecule has 32 nitrogen and oxygen atoms in total. The molecule has 12 rings (SSSR count). The molecular weight excluding hydrogens is 1710 g/mol. The molecule has 0 saturated heterocycles. The van der Waals surface area contributed by atoms with Crippen molar-refractivity contribution >= 4 is 178 Å². The SMILES string of the molecule is [2H]C([2H])([2H])c1cc(C(C)=O)c(NC(=O)c2sccc2S(=O)(=O)Nc2onc(C([2H])([2H])[2H])c2C([2H])([2H])[2H])c(C([2H])([2H])[2H])c1.[2H]c1c(C)cc(C)c(NC(=O)c2sccc2S(=O)(=O)Nc2onc(C([2H])([2H])[2H])c2C)c1C(C)=O.[2H]c1c(C)cc(C)c(NC(=O)c2sccc2S(=O)(=O)Nc2onc(C)c2C([2H])([2H])[2H])c1C(C)=O.[2H]c1c(C)cc(C)c(NC(=O)c2sccc2S(=O)(=O)Nc2onc(C)c2C)c1C(C)=O. The molecule has 40 heteroatoms. The van der Waals surface area contributed by atoms with Gasteiger partial charge in [-0.15, -0.1) is 45.3 Å². The fourth-order valence-electron chi connectivity index (χ4n) is 10.8. The number of carbonyl (C=O) groups excluding carboxylic acids is 8. The van der Waals surface area contributed by atoms with Gasteiger partial charge < -0.3 is 39.4 Å². The van der Waals surface area contributed by atoms with Gasteiger partial charge in [0.05, 0.1) is 49.6 Å². The van der Waals surface area contributed by atoms with E-state index in [1.54, 1.807) is 78.3 Å². The largest absolute Gasteiger partial charge is 0.337 e. The molecule has 0 fully saturated rings. The predicted octanol–water partition coefficient (Wildman–Crippen LogP) is 16.9. The van der Waals surface area contributed by atoms with Crippen LogP contribution in [0.4, 0.5) is 46.3 Å². The number of aryl methyl sites for hydroxylation is 12. The lowest BCUT2D eigenvalue weighted by atomic mass is 10.0. The van der Waals surface area contributed by atoms with Crippen molar-refractivity contribution in [2.45, 2.75) is 158 Å². The molecule has 0 aliphatic heterocycles. The molecule has 4 amide bonds. The Balaban J connectivity index is 0.000000211. The number of sulfonamides is 4. The van der Waals surface area contributed by atoms with E-state index in [1.807, 2.05) is 0 Å². The molecule has 0 unspecified atom stereocenters. The Morgan fingerprint density at radius 1 is 0.325 bits per heavy atom. The third-order valence-electron chi connectivity index (χ3n) is 16.8. The number of Topliss-reactive ketones (excluding diaryl/α,β-unsaturated/α-hetero) is 4. The van der Waals surface area contributed by atoms with Crippen LogP contribution in [0.3, 0.4) is 0 Å². The van der Waals surface area contributed by atoms with Crippen molar-refractivity contribution in [1.82, 2.24) is 20.6 Å². The molecule has 8 heterocycles. The van der Waals surface area contributed by atoms with Gasteiger partial charge in [-0.3, -0.25) is 38.4 Å². The first kappa shape index (κ1) is 65.9. The van der Waals surface area contributed by atoms with Gasteiger partial charge in [-0.2, -0.15) is 0 Å². The maximum Gasteiger partial charge on any atom is 0.267 e. The zero-order chi connectivity index (χ0) is 106. The van der Waals surface area contributed by atoms with Gasteiger partial charge in [0.1, 0.15) is 39.1 Å². The van der Waals surface area contributed by atoms with Crippen molar-refractivity contribution in [2.75, 3.05) is 40.2 Å². The number of hydrogen-bond acceptors (Lipinski definition) is 28. The molecular formula is C80H84N12O20S8. The first-order chi connectivity index (χ1) is 64.6. The summed E-state index contributed by atoms with van der Waals surface area (Å²) in [5.41, 5.74) is 0.0501. The van der Waals surface area contributed by atoms with Gasteiger partial charge in [0, 0.05) is 69.2 Å². The maximum atomic E-state index is 13.3. The quantitative estimate of drug-likeness (QED) is 0.0260. The van der Waals surface area contributed by atoms with E-state index in [9.17, 15) is 72.0 Å². The standard InChI is InChI=1S/4C20H21N3O5S2/c4*1-10-8-11(2)17(15(9-10)14(5)24)21-19(25)18-16(6-7-29-18)30(26,27)23-20-12(3)13(4)22-28-20/h4*6-9,23H,1-5H3,(H,21,25)/i1D3,2D3,3D3,4D3;4D3,9D;3D3,9D;9D. The number of carbonyl (C=O) groups is 8. The second kappa shape index (κ2) is 37.2.